The number of benzene rings is 1. The molecule has 31 heavy (non-hydrogen) atoms. The van der Waals surface area contributed by atoms with Crippen LogP contribution in [0, 0.1) is 0 Å². The van der Waals surface area contributed by atoms with Gasteiger partial charge < -0.3 is 14.8 Å². The van der Waals surface area contributed by atoms with Gasteiger partial charge in [0.05, 0.1) is 5.56 Å². The van der Waals surface area contributed by atoms with Crippen LogP contribution in [0.15, 0.2) is 61.3 Å². The summed E-state index contributed by atoms with van der Waals surface area (Å²) in [4.78, 5) is 33.6. The Morgan fingerprint density at radius 2 is 2.06 bits per heavy atom. The summed E-state index contributed by atoms with van der Waals surface area (Å²) in [6.07, 6.45) is 7.40. The van der Waals surface area contributed by atoms with Gasteiger partial charge in [-0.05, 0) is 30.2 Å². The maximum atomic E-state index is 13.8. The van der Waals surface area contributed by atoms with Gasteiger partial charge >= 0.3 is 0 Å². The van der Waals surface area contributed by atoms with Gasteiger partial charge in [-0.1, -0.05) is 18.2 Å². The Balaban J connectivity index is 1.54. The van der Waals surface area contributed by atoms with Crippen molar-refractivity contribution in [1.82, 2.24) is 29.0 Å². The van der Waals surface area contributed by atoms with Gasteiger partial charge in [0.1, 0.15) is 23.6 Å². The van der Waals surface area contributed by atoms with Crippen molar-refractivity contribution < 1.29 is 9.59 Å². The van der Waals surface area contributed by atoms with E-state index < -0.39 is 11.5 Å². The van der Waals surface area contributed by atoms with Crippen LogP contribution < -0.4 is 5.32 Å². The van der Waals surface area contributed by atoms with Crippen LogP contribution in [-0.2, 0) is 17.3 Å². The fourth-order valence-corrected chi connectivity index (χ4v) is 5.08. The monoisotopic (exact) mass is 413 g/mol. The Bertz CT molecular complexity index is 1360. The van der Waals surface area contributed by atoms with Gasteiger partial charge in [0.15, 0.2) is 5.65 Å². The zero-order valence-electron chi connectivity index (χ0n) is 16.8. The van der Waals surface area contributed by atoms with E-state index in [4.69, 9.17) is 0 Å². The third-order valence-electron chi connectivity index (χ3n) is 6.50. The lowest BCUT2D eigenvalue weighted by atomic mass is 9.74. The molecule has 1 aromatic carbocycles. The summed E-state index contributed by atoms with van der Waals surface area (Å²) in [5.41, 5.74) is 1.74. The highest BCUT2D eigenvalue weighted by atomic mass is 16.2. The number of fused-ring (bicyclic) bond motifs is 3. The number of anilines is 1. The topological polar surface area (TPSA) is 97.4 Å². The molecule has 1 spiro atoms. The molecule has 1 saturated heterocycles. The average molecular weight is 413 g/mol. The van der Waals surface area contributed by atoms with E-state index in [2.05, 4.69) is 20.5 Å². The molecule has 6 rings (SSSR count). The molecular weight excluding hydrogens is 394 g/mol. The summed E-state index contributed by atoms with van der Waals surface area (Å²) in [5.74, 6) is 0.379. The number of para-hydroxylation sites is 1. The number of aryl methyl sites for hydroxylation is 1. The highest BCUT2D eigenvalue weighted by Gasteiger charge is 2.60. The molecule has 3 aromatic heterocycles. The SMILES string of the molecule is Cn1ccnc1[C@@H]1N(C(=O)c2cccn3cnnc23)CC[C@]12C(=O)Nc1ccccc12. The zero-order chi connectivity index (χ0) is 21.2. The largest absolute Gasteiger partial charge is 0.336 e. The molecule has 1 N–H and O–H groups in total. The minimum Gasteiger partial charge on any atom is -0.336 e. The molecule has 0 bridgehead atoms. The number of amides is 2. The molecule has 2 aliphatic rings. The van der Waals surface area contributed by atoms with Crippen molar-refractivity contribution in [1.29, 1.82) is 0 Å². The number of likely N-dealkylation sites (tertiary alicyclic amines) is 1. The normalized spacial score (nSPS) is 22.3. The Labute approximate surface area is 177 Å². The van der Waals surface area contributed by atoms with E-state index in [1.165, 1.54) is 0 Å². The third kappa shape index (κ3) is 2.28. The number of pyridine rings is 1. The summed E-state index contributed by atoms with van der Waals surface area (Å²) in [6.45, 7) is 0.424. The maximum Gasteiger partial charge on any atom is 0.258 e. The molecule has 1 fully saturated rings. The Hall–Kier alpha value is -4.01. The van der Waals surface area contributed by atoms with E-state index in [0.29, 0.717) is 30.0 Å². The summed E-state index contributed by atoms with van der Waals surface area (Å²) >= 11 is 0. The van der Waals surface area contributed by atoms with E-state index in [-0.39, 0.29) is 11.8 Å². The van der Waals surface area contributed by atoms with E-state index >= 15 is 0 Å². The minimum atomic E-state index is -0.899. The molecule has 2 atom stereocenters. The summed E-state index contributed by atoms with van der Waals surface area (Å²) in [5, 5.41) is 11.1. The van der Waals surface area contributed by atoms with Crippen molar-refractivity contribution in [2.75, 3.05) is 11.9 Å². The number of nitrogens with zero attached hydrogens (tertiary/aromatic N) is 6. The van der Waals surface area contributed by atoms with Crippen LogP contribution in [0.3, 0.4) is 0 Å². The number of hydrogen-bond donors (Lipinski definition) is 1. The highest BCUT2D eigenvalue weighted by Crippen LogP contribution is 2.54. The van der Waals surface area contributed by atoms with Crippen LogP contribution in [0.5, 0.6) is 0 Å². The first-order valence-corrected chi connectivity index (χ1v) is 10.1. The predicted octanol–water partition coefficient (Wildman–Crippen LogP) is 1.94. The lowest BCUT2D eigenvalue weighted by Crippen LogP contribution is -2.43. The molecule has 0 unspecified atom stereocenters. The van der Waals surface area contributed by atoms with E-state index in [1.807, 2.05) is 42.1 Å². The number of carbonyl (C=O) groups excluding carboxylic acids is 2. The van der Waals surface area contributed by atoms with Crippen molar-refractivity contribution >= 4 is 23.1 Å². The lowest BCUT2D eigenvalue weighted by molar-refractivity contribution is -0.121. The molecule has 4 aromatic rings. The van der Waals surface area contributed by atoms with Crippen molar-refractivity contribution in [3.05, 3.63) is 78.3 Å². The van der Waals surface area contributed by atoms with Gasteiger partial charge in [-0.25, -0.2) is 4.98 Å². The number of carbonyl (C=O) groups is 2. The van der Waals surface area contributed by atoms with Gasteiger partial charge in [-0.3, -0.25) is 14.0 Å². The van der Waals surface area contributed by atoms with Gasteiger partial charge in [-0.15, -0.1) is 10.2 Å². The molecule has 0 aliphatic carbocycles. The molecule has 154 valence electrons. The second kappa shape index (κ2) is 6.24. The Kier molecular flexibility index (Phi) is 3.59. The van der Waals surface area contributed by atoms with Crippen LogP contribution in [0.25, 0.3) is 5.65 Å². The van der Waals surface area contributed by atoms with Crippen LogP contribution in [-0.4, -0.2) is 47.4 Å². The molecule has 5 heterocycles. The smallest absolute Gasteiger partial charge is 0.258 e. The van der Waals surface area contributed by atoms with Crippen molar-refractivity contribution in [2.24, 2.45) is 7.05 Å². The second-order valence-electron chi connectivity index (χ2n) is 8.00. The summed E-state index contributed by atoms with van der Waals surface area (Å²) in [7, 11) is 1.88. The fraction of sp³-hybridized carbons (Fsp3) is 0.227. The molecule has 2 aliphatic heterocycles. The summed E-state index contributed by atoms with van der Waals surface area (Å²) in [6, 6.07) is 10.7. The average Bonchev–Trinajstić information content (AvgIpc) is 3.55. The van der Waals surface area contributed by atoms with Gasteiger partial charge in [0.25, 0.3) is 5.91 Å². The van der Waals surface area contributed by atoms with Gasteiger partial charge in [0.2, 0.25) is 5.91 Å². The Morgan fingerprint density at radius 3 is 2.90 bits per heavy atom. The van der Waals surface area contributed by atoms with Gasteiger partial charge in [0, 0.05) is 37.9 Å². The van der Waals surface area contributed by atoms with E-state index in [9.17, 15) is 9.59 Å². The molecule has 2 amide bonds. The fourth-order valence-electron chi connectivity index (χ4n) is 5.08. The van der Waals surface area contributed by atoms with Crippen LogP contribution in [0.2, 0.25) is 0 Å². The van der Waals surface area contributed by atoms with Crippen LogP contribution >= 0.6 is 0 Å². The zero-order valence-corrected chi connectivity index (χ0v) is 16.8. The number of rotatable bonds is 2. The third-order valence-corrected chi connectivity index (χ3v) is 6.50. The first-order valence-electron chi connectivity index (χ1n) is 10.1. The lowest BCUT2D eigenvalue weighted by Gasteiger charge is -2.33. The molecule has 0 radical (unpaired) electrons. The number of nitrogens with one attached hydrogen (secondary N) is 1. The second-order valence-corrected chi connectivity index (χ2v) is 8.00. The van der Waals surface area contributed by atoms with Gasteiger partial charge in [-0.2, -0.15) is 0 Å². The highest BCUT2D eigenvalue weighted by molar-refractivity contribution is 6.08. The number of hydrogen-bond acceptors (Lipinski definition) is 5. The minimum absolute atomic E-state index is 0.0994. The quantitative estimate of drug-likeness (QED) is 0.542. The van der Waals surface area contributed by atoms with E-state index in [0.717, 1.165) is 11.3 Å². The molecule has 9 heteroatoms. The first kappa shape index (κ1) is 17.8. The van der Waals surface area contributed by atoms with Crippen molar-refractivity contribution in [3.8, 4) is 0 Å². The number of imidazole rings is 1. The van der Waals surface area contributed by atoms with E-state index in [1.54, 1.807) is 40.2 Å². The molecular formula is C22H19N7O2. The van der Waals surface area contributed by atoms with Crippen molar-refractivity contribution in [3.63, 3.8) is 0 Å². The number of aromatic nitrogens is 5. The first-order chi connectivity index (χ1) is 15.1. The maximum absolute atomic E-state index is 13.8. The Morgan fingerprint density at radius 1 is 1.19 bits per heavy atom. The van der Waals surface area contributed by atoms with Crippen LogP contribution in [0.4, 0.5) is 5.69 Å². The molecule has 9 nitrogen and oxygen atoms in total. The van der Waals surface area contributed by atoms with Crippen LogP contribution in [0.1, 0.15) is 34.2 Å². The summed E-state index contributed by atoms with van der Waals surface area (Å²) < 4.78 is 3.59. The predicted molar refractivity (Wildman–Crippen MR) is 111 cm³/mol. The molecule has 0 saturated carbocycles. The standard InChI is InChI=1S/C22H19N7O2/c1-27-12-9-23-19(27)17-22(15-6-2-3-7-16(15)25-21(22)31)8-11-29(17)20(30)14-5-4-10-28-13-24-26-18(14)28/h2-7,9-10,12-13,17H,8,11H2,1H3,(H,25,31)/t17-,22+/m0/s1. The van der Waals surface area contributed by atoms with Crippen molar-refractivity contribution in [2.45, 2.75) is 17.9 Å².